The maximum atomic E-state index is 12.2. The number of hydrogen-bond acceptors (Lipinski definition) is 4. The average molecular weight is 297 g/mol. The van der Waals surface area contributed by atoms with Crippen LogP contribution in [0.15, 0.2) is 29.2 Å². The summed E-state index contributed by atoms with van der Waals surface area (Å²) in [5.74, 6) is 5.22. The fraction of sp³-hybridized carbons (Fsp3) is 0.429. The third kappa shape index (κ3) is 4.62. The van der Waals surface area contributed by atoms with Gasteiger partial charge < -0.3 is 9.84 Å². The molecule has 0 amide bonds. The van der Waals surface area contributed by atoms with Crippen molar-refractivity contribution < 1.29 is 18.3 Å². The normalized spacial score (nSPS) is 11.2. The lowest BCUT2D eigenvalue weighted by molar-refractivity contribution is 0.138. The SMILES string of the molecule is CCOCCN(C)S(=O)(=O)c1ccc(C#CCO)cc1. The van der Waals surface area contributed by atoms with Crippen LogP contribution in [-0.2, 0) is 14.8 Å². The summed E-state index contributed by atoms with van der Waals surface area (Å²) in [6, 6.07) is 6.25. The summed E-state index contributed by atoms with van der Waals surface area (Å²) in [6.45, 7) is 2.88. The van der Waals surface area contributed by atoms with E-state index in [0.717, 1.165) is 0 Å². The van der Waals surface area contributed by atoms with Gasteiger partial charge in [-0.25, -0.2) is 8.42 Å². The Kier molecular flexibility index (Phi) is 6.68. The molecule has 0 fully saturated rings. The van der Waals surface area contributed by atoms with Gasteiger partial charge in [-0.3, -0.25) is 0 Å². The minimum Gasteiger partial charge on any atom is -0.384 e. The molecule has 6 heteroatoms. The lowest BCUT2D eigenvalue weighted by Gasteiger charge is -2.17. The molecule has 0 spiro atoms. The summed E-state index contributed by atoms with van der Waals surface area (Å²) >= 11 is 0. The molecule has 0 aliphatic carbocycles. The van der Waals surface area contributed by atoms with Crippen molar-refractivity contribution in [3.05, 3.63) is 29.8 Å². The van der Waals surface area contributed by atoms with Crippen molar-refractivity contribution in [2.75, 3.05) is 33.4 Å². The van der Waals surface area contributed by atoms with E-state index in [-0.39, 0.29) is 11.5 Å². The molecule has 0 unspecified atom stereocenters. The van der Waals surface area contributed by atoms with E-state index >= 15 is 0 Å². The zero-order valence-corrected chi connectivity index (χ0v) is 12.5. The minimum atomic E-state index is -3.50. The highest BCUT2D eigenvalue weighted by Gasteiger charge is 2.19. The highest BCUT2D eigenvalue weighted by Crippen LogP contribution is 2.14. The van der Waals surface area contributed by atoms with Crippen LogP contribution in [0.2, 0.25) is 0 Å². The fourth-order valence-corrected chi connectivity index (χ4v) is 2.64. The van der Waals surface area contributed by atoms with Crippen LogP contribution in [0.3, 0.4) is 0 Å². The summed E-state index contributed by atoms with van der Waals surface area (Å²) in [7, 11) is -1.98. The molecule has 1 rings (SSSR count). The number of nitrogens with zero attached hydrogens (tertiary/aromatic N) is 1. The van der Waals surface area contributed by atoms with Gasteiger partial charge in [0, 0.05) is 25.8 Å². The van der Waals surface area contributed by atoms with Gasteiger partial charge in [0.1, 0.15) is 6.61 Å². The van der Waals surface area contributed by atoms with Crippen molar-refractivity contribution in [2.24, 2.45) is 0 Å². The van der Waals surface area contributed by atoms with Crippen molar-refractivity contribution in [3.8, 4) is 11.8 Å². The smallest absolute Gasteiger partial charge is 0.242 e. The molecule has 0 aromatic heterocycles. The van der Waals surface area contributed by atoms with E-state index in [1.807, 2.05) is 6.92 Å². The number of aliphatic hydroxyl groups excluding tert-OH is 1. The van der Waals surface area contributed by atoms with Crippen LogP contribution in [0.5, 0.6) is 0 Å². The van der Waals surface area contributed by atoms with Gasteiger partial charge in [-0.2, -0.15) is 4.31 Å². The Hall–Kier alpha value is -1.39. The second-order valence-electron chi connectivity index (χ2n) is 4.01. The van der Waals surface area contributed by atoms with Gasteiger partial charge in [-0.15, -0.1) is 0 Å². The van der Waals surface area contributed by atoms with Crippen molar-refractivity contribution in [1.82, 2.24) is 4.31 Å². The minimum absolute atomic E-state index is 0.214. The Morgan fingerprint density at radius 2 is 1.95 bits per heavy atom. The Labute approximate surface area is 120 Å². The number of ether oxygens (including phenoxy) is 1. The van der Waals surface area contributed by atoms with E-state index in [4.69, 9.17) is 9.84 Å². The van der Waals surface area contributed by atoms with Gasteiger partial charge in [0.05, 0.1) is 11.5 Å². The van der Waals surface area contributed by atoms with E-state index in [0.29, 0.717) is 25.3 Å². The van der Waals surface area contributed by atoms with E-state index in [1.54, 1.807) is 12.1 Å². The van der Waals surface area contributed by atoms with Crippen LogP contribution in [0.1, 0.15) is 12.5 Å². The van der Waals surface area contributed by atoms with Gasteiger partial charge >= 0.3 is 0 Å². The lowest BCUT2D eigenvalue weighted by Crippen LogP contribution is -2.30. The highest BCUT2D eigenvalue weighted by molar-refractivity contribution is 7.89. The number of sulfonamides is 1. The predicted molar refractivity (Wildman–Crippen MR) is 76.7 cm³/mol. The average Bonchev–Trinajstić information content (AvgIpc) is 2.45. The van der Waals surface area contributed by atoms with Gasteiger partial charge in [0.15, 0.2) is 0 Å². The van der Waals surface area contributed by atoms with Crippen LogP contribution < -0.4 is 0 Å². The van der Waals surface area contributed by atoms with Gasteiger partial charge in [0.25, 0.3) is 0 Å². The van der Waals surface area contributed by atoms with Crippen molar-refractivity contribution >= 4 is 10.0 Å². The largest absolute Gasteiger partial charge is 0.384 e. The number of aliphatic hydroxyl groups is 1. The number of likely N-dealkylation sites (N-methyl/N-ethyl adjacent to an activating group) is 1. The molecule has 5 nitrogen and oxygen atoms in total. The Morgan fingerprint density at radius 3 is 2.50 bits per heavy atom. The molecule has 0 aliphatic rings. The number of benzene rings is 1. The molecule has 1 N–H and O–H groups in total. The third-order valence-electron chi connectivity index (χ3n) is 2.63. The Balaban J connectivity index is 2.81. The molecule has 0 heterocycles. The molecular formula is C14H19NO4S. The monoisotopic (exact) mass is 297 g/mol. The first-order valence-electron chi connectivity index (χ1n) is 6.26. The van der Waals surface area contributed by atoms with Crippen LogP contribution in [0.25, 0.3) is 0 Å². The van der Waals surface area contributed by atoms with Crippen molar-refractivity contribution in [2.45, 2.75) is 11.8 Å². The maximum absolute atomic E-state index is 12.2. The molecule has 0 aliphatic heterocycles. The fourth-order valence-electron chi connectivity index (χ4n) is 1.49. The van der Waals surface area contributed by atoms with Crippen LogP contribution in [0, 0.1) is 11.8 Å². The molecule has 1 aromatic carbocycles. The highest BCUT2D eigenvalue weighted by atomic mass is 32.2. The topological polar surface area (TPSA) is 66.8 Å². The van der Waals surface area contributed by atoms with Gasteiger partial charge in [-0.1, -0.05) is 11.8 Å². The van der Waals surface area contributed by atoms with Crippen molar-refractivity contribution in [3.63, 3.8) is 0 Å². The number of rotatable bonds is 6. The Bertz CT molecular complexity index is 569. The third-order valence-corrected chi connectivity index (χ3v) is 4.50. The molecule has 0 saturated heterocycles. The molecule has 20 heavy (non-hydrogen) atoms. The summed E-state index contributed by atoms with van der Waals surface area (Å²) in [6.07, 6.45) is 0. The first-order chi connectivity index (χ1) is 9.52. The van der Waals surface area contributed by atoms with Gasteiger partial charge in [-0.05, 0) is 31.2 Å². The second kappa shape index (κ2) is 8.02. The van der Waals surface area contributed by atoms with E-state index in [1.165, 1.54) is 23.5 Å². The summed E-state index contributed by atoms with van der Waals surface area (Å²) in [4.78, 5) is 0.214. The predicted octanol–water partition coefficient (Wildman–Crippen LogP) is 0.687. The van der Waals surface area contributed by atoms with Gasteiger partial charge in [0.2, 0.25) is 10.0 Å². The number of hydrogen-bond donors (Lipinski definition) is 1. The molecule has 1 aromatic rings. The maximum Gasteiger partial charge on any atom is 0.242 e. The molecule has 110 valence electrons. The molecule has 0 bridgehead atoms. The van der Waals surface area contributed by atoms with Crippen LogP contribution in [-0.4, -0.2) is 51.2 Å². The van der Waals surface area contributed by atoms with Crippen molar-refractivity contribution in [1.29, 1.82) is 0 Å². The summed E-state index contributed by atoms with van der Waals surface area (Å²) in [5.41, 5.74) is 0.662. The van der Waals surface area contributed by atoms with E-state index < -0.39 is 10.0 Å². The van der Waals surface area contributed by atoms with E-state index in [9.17, 15) is 8.42 Å². The Morgan fingerprint density at radius 1 is 1.30 bits per heavy atom. The zero-order valence-electron chi connectivity index (χ0n) is 11.7. The molecule has 0 saturated carbocycles. The first-order valence-corrected chi connectivity index (χ1v) is 7.70. The van der Waals surface area contributed by atoms with E-state index in [2.05, 4.69) is 11.8 Å². The molecular weight excluding hydrogens is 278 g/mol. The summed E-state index contributed by atoms with van der Waals surface area (Å²) in [5, 5.41) is 8.60. The quantitative estimate of drug-likeness (QED) is 0.619. The zero-order chi connectivity index (χ0) is 15.0. The van der Waals surface area contributed by atoms with Crippen LogP contribution in [0.4, 0.5) is 0 Å². The molecule has 0 radical (unpaired) electrons. The second-order valence-corrected chi connectivity index (χ2v) is 6.05. The molecule has 0 atom stereocenters. The first kappa shape index (κ1) is 16.7. The summed E-state index contributed by atoms with van der Waals surface area (Å²) < 4.78 is 30.9. The van der Waals surface area contributed by atoms with Crippen LogP contribution >= 0.6 is 0 Å². The standard InChI is InChI=1S/C14H19NO4S/c1-3-19-12-10-15(2)20(17,18)14-8-6-13(7-9-14)5-4-11-16/h6-9,16H,3,10-12H2,1-2H3. The lowest BCUT2D eigenvalue weighted by atomic mass is 10.2.